The molecule has 90 valence electrons. The third kappa shape index (κ3) is 5.01. The molecule has 0 saturated heterocycles. The van der Waals surface area contributed by atoms with Crippen molar-refractivity contribution in [1.82, 2.24) is 0 Å². The van der Waals surface area contributed by atoms with E-state index in [-0.39, 0.29) is 6.04 Å². The maximum atomic E-state index is 9.58. The lowest BCUT2D eigenvalue weighted by molar-refractivity contribution is 0.0778. The van der Waals surface area contributed by atoms with E-state index in [0.717, 1.165) is 17.7 Å². The molecule has 3 N–H and O–H groups in total. The minimum Gasteiger partial charge on any atom is -0.390 e. The molecule has 0 bridgehead atoms. The first-order valence-corrected chi connectivity index (χ1v) is 6.58. The van der Waals surface area contributed by atoms with Gasteiger partial charge in [0.15, 0.2) is 0 Å². The van der Waals surface area contributed by atoms with Gasteiger partial charge in [0, 0.05) is 16.7 Å². The molecule has 0 radical (unpaired) electrons. The Kier molecular flexibility index (Phi) is 4.84. The van der Waals surface area contributed by atoms with Gasteiger partial charge in [0.2, 0.25) is 0 Å². The number of thioether (sulfide) groups is 1. The van der Waals surface area contributed by atoms with E-state index in [1.165, 1.54) is 4.90 Å². The number of benzene rings is 1. The first-order chi connectivity index (χ1) is 7.38. The zero-order valence-corrected chi connectivity index (χ0v) is 11.1. The highest BCUT2D eigenvalue weighted by Gasteiger charge is 2.11. The summed E-state index contributed by atoms with van der Waals surface area (Å²) in [6.07, 6.45) is 0.798. The van der Waals surface area contributed by atoms with Crippen molar-refractivity contribution in [2.45, 2.75) is 43.7 Å². The van der Waals surface area contributed by atoms with Gasteiger partial charge in [-0.25, -0.2) is 0 Å². The lowest BCUT2D eigenvalue weighted by Gasteiger charge is -2.16. The largest absolute Gasteiger partial charge is 0.390 e. The molecule has 2 nitrogen and oxygen atoms in total. The number of hydrogen-bond donors (Lipinski definition) is 2. The first-order valence-electron chi connectivity index (χ1n) is 5.59. The lowest BCUT2D eigenvalue weighted by atomic mass is 10.1. The van der Waals surface area contributed by atoms with Gasteiger partial charge in [-0.1, -0.05) is 12.1 Å². The van der Waals surface area contributed by atoms with Crippen molar-refractivity contribution in [3.8, 4) is 0 Å². The molecular weight excluding hydrogens is 218 g/mol. The molecule has 0 saturated carbocycles. The van der Waals surface area contributed by atoms with E-state index in [2.05, 4.69) is 24.3 Å². The van der Waals surface area contributed by atoms with Crippen LogP contribution in [0.3, 0.4) is 0 Å². The molecule has 0 heterocycles. The minimum atomic E-state index is -0.571. The second-order valence-electron chi connectivity index (χ2n) is 4.77. The van der Waals surface area contributed by atoms with E-state index in [1.54, 1.807) is 11.8 Å². The van der Waals surface area contributed by atoms with Crippen LogP contribution in [0.15, 0.2) is 29.2 Å². The molecule has 0 spiro atoms. The van der Waals surface area contributed by atoms with Crippen molar-refractivity contribution in [3.63, 3.8) is 0 Å². The second-order valence-corrected chi connectivity index (χ2v) is 5.94. The van der Waals surface area contributed by atoms with Crippen LogP contribution in [-0.4, -0.2) is 16.5 Å². The normalized spacial score (nSPS) is 13.8. The maximum absolute atomic E-state index is 9.58. The van der Waals surface area contributed by atoms with Crippen molar-refractivity contribution in [2.75, 3.05) is 5.75 Å². The van der Waals surface area contributed by atoms with Crippen LogP contribution >= 0.6 is 11.8 Å². The lowest BCUT2D eigenvalue weighted by Crippen LogP contribution is -2.18. The summed E-state index contributed by atoms with van der Waals surface area (Å²) in [5.41, 5.74) is 6.37. The fourth-order valence-corrected chi connectivity index (χ4v) is 2.45. The van der Waals surface area contributed by atoms with Gasteiger partial charge in [-0.2, -0.15) is 0 Å². The summed E-state index contributed by atoms with van der Waals surface area (Å²) in [5, 5.41) is 9.58. The summed E-state index contributed by atoms with van der Waals surface area (Å²) in [5.74, 6) is 0.932. The smallest absolute Gasteiger partial charge is 0.0599 e. The first kappa shape index (κ1) is 13.6. The Bertz CT molecular complexity index is 314. The summed E-state index contributed by atoms with van der Waals surface area (Å²) in [6.45, 7) is 5.66. The van der Waals surface area contributed by atoms with Crippen molar-refractivity contribution in [2.24, 2.45) is 5.73 Å². The van der Waals surface area contributed by atoms with Crippen LogP contribution in [0.2, 0.25) is 0 Å². The Labute approximate surface area is 102 Å². The number of nitrogens with two attached hydrogens (primary N) is 1. The molecule has 3 heteroatoms. The van der Waals surface area contributed by atoms with E-state index < -0.39 is 5.60 Å². The molecule has 0 fully saturated rings. The van der Waals surface area contributed by atoms with Gasteiger partial charge in [-0.15, -0.1) is 11.8 Å². The van der Waals surface area contributed by atoms with Crippen LogP contribution in [0.4, 0.5) is 0 Å². The summed E-state index contributed by atoms with van der Waals surface area (Å²) in [6, 6.07) is 8.41. The van der Waals surface area contributed by atoms with E-state index >= 15 is 0 Å². The molecule has 1 atom stereocenters. The molecule has 0 aliphatic heterocycles. The molecular formula is C13H21NOS. The van der Waals surface area contributed by atoms with E-state index in [1.807, 2.05) is 20.8 Å². The monoisotopic (exact) mass is 239 g/mol. The number of aliphatic hydroxyl groups is 1. The van der Waals surface area contributed by atoms with Crippen LogP contribution in [0.5, 0.6) is 0 Å². The van der Waals surface area contributed by atoms with Gasteiger partial charge in [-0.05, 0) is 44.9 Å². The molecule has 0 amide bonds. The van der Waals surface area contributed by atoms with Gasteiger partial charge in [0.25, 0.3) is 0 Å². The van der Waals surface area contributed by atoms with Crippen LogP contribution in [0.25, 0.3) is 0 Å². The molecule has 1 rings (SSSR count). The van der Waals surface area contributed by atoms with E-state index in [4.69, 9.17) is 5.73 Å². The topological polar surface area (TPSA) is 46.2 Å². The average Bonchev–Trinajstić information content (AvgIpc) is 2.16. The molecule has 0 aliphatic carbocycles. The Balaban J connectivity index is 2.44. The minimum absolute atomic E-state index is 0.0930. The predicted molar refractivity (Wildman–Crippen MR) is 70.7 cm³/mol. The zero-order valence-electron chi connectivity index (χ0n) is 10.2. The zero-order chi connectivity index (χ0) is 12.2. The highest BCUT2D eigenvalue weighted by atomic mass is 32.2. The van der Waals surface area contributed by atoms with Crippen LogP contribution in [0.1, 0.15) is 38.8 Å². The molecule has 1 aromatic carbocycles. The summed E-state index contributed by atoms with van der Waals surface area (Å²) in [4.78, 5) is 1.23. The fraction of sp³-hybridized carbons (Fsp3) is 0.538. The highest BCUT2D eigenvalue weighted by molar-refractivity contribution is 7.99. The third-order valence-electron chi connectivity index (χ3n) is 2.39. The Morgan fingerprint density at radius 3 is 2.31 bits per heavy atom. The quantitative estimate of drug-likeness (QED) is 0.777. The average molecular weight is 239 g/mol. The Hall–Kier alpha value is -0.510. The molecule has 16 heavy (non-hydrogen) atoms. The van der Waals surface area contributed by atoms with Gasteiger partial charge in [0.05, 0.1) is 5.60 Å². The van der Waals surface area contributed by atoms with Crippen molar-refractivity contribution in [1.29, 1.82) is 0 Å². The second kappa shape index (κ2) is 5.71. The Morgan fingerprint density at radius 1 is 1.31 bits per heavy atom. The fourth-order valence-electron chi connectivity index (χ4n) is 1.29. The highest BCUT2D eigenvalue weighted by Crippen LogP contribution is 2.23. The third-order valence-corrected chi connectivity index (χ3v) is 3.40. The summed E-state index contributed by atoms with van der Waals surface area (Å²) < 4.78 is 0. The van der Waals surface area contributed by atoms with Crippen molar-refractivity contribution < 1.29 is 5.11 Å². The molecule has 1 aromatic rings. The van der Waals surface area contributed by atoms with Crippen LogP contribution in [0, 0.1) is 0 Å². The SMILES string of the molecule is CC(N)c1ccc(SCCC(C)(C)O)cc1. The van der Waals surface area contributed by atoms with Crippen molar-refractivity contribution in [3.05, 3.63) is 29.8 Å². The van der Waals surface area contributed by atoms with Gasteiger partial charge in [-0.3, -0.25) is 0 Å². The molecule has 0 aliphatic rings. The number of rotatable bonds is 5. The standard InChI is InChI=1S/C13H21NOS/c1-10(14)11-4-6-12(7-5-11)16-9-8-13(2,3)15/h4-7,10,15H,8-9,14H2,1-3H3. The predicted octanol–water partition coefficient (Wildman–Crippen LogP) is 2.96. The van der Waals surface area contributed by atoms with Gasteiger partial charge >= 0.3 is 0 Å². The molecule has 1 unspecified atom stereocenters. The molecule has 0 aromatic heterocycles. The summed E-state index contributed by atoms with van der Waals surface area (Å²) in [7, 11) is 0. The summed E-state index contributed by atoms with van der Waals surface area (Å²) >= 11 is 1.77. The van der Waals surface area contributed by atoms with Gasteiger partial charge in [0.1, 0.15) is 0 Å². The van der Waals surface area contributed by atoms with E-state index in [9.17, 15) is 5.11 Å². The number of hydrogen-bond acceptors (Lipinski definition) is 3. The Morgan fingerprint density at radius 2 is 1.88 bits per heavy atom. The van der Waals surface area contributed by atoms with Gasteiger partial charge < -0.3 is 10.8 Å². The van der Waals surface area contributed by atoms with Crippen LogP contribution in [-0.2, 0) is 0 Å². The maximum Gasteiger partial charge on any atom is 0.0599 e. The van der Waals surface area contributed by atoms with Crippen molar-refractivity contribution >= 4 is 11.8 Å². The van der Waals surface area contributed by atoms with Crippen LogP contribution < -0.4 is 5.73 Å². The van der Waals surface area contributed by atoms with E-state index in [0.29, 0.717) is 0 Å².